The Balaban J connectivity index is 2.08. The zero-order chi connectivity index (χ0) is 19.8. The fourth-order valence-electron chi connectivity index (χ4n) is 2.74. The highest BCUT2D eigenvalue weighted by molar-refractivity contribution is 5.96. The van der Waals surface area contributed by atoms with Crippen LogP contribution in [0.15, 0.2) is 47.6 Å². The number of rotatable bonds is 5. The number of aromatic nitrogens is 1. The van der Waals surface area contributed by atoms with Crippen LogP contribution in [0.3, 0.4) is 0 Å². The van der Waals surface area contributed by atoms with Crippen molar-refractivity contribution in [1.82, 2.24) is 4.57 Å². The first kappa shape index (κ1) is 18.2. The number of ether oxygens (including phenoxy) is 1. The Morgan fingerprint density at radius 1 is 1.26 bits per heavy atom. The number of hydrogen-bond acceptors (Lipinski definition) is 5. The van der Waals surface area contributed by atoms with E-state index < -0.39 is 23.7 Å². The molecule has 140 valence electrons. The number of nitrogens with zero attached hydrogens (tertiary/aromatic N) is 3. The third-order valence-corrected chi connectivity index (χ3v) is 3.85. The number of aromatic hydroxyl groups is 1. The van der Waals surface area contributed by atoms with Gasteiger partial charge in [0.05, 0.1) is 12.1 Å². The summed E-state index contributed by atoms with van der Waals surface area (Å²) in [6, 6.07) is 9.66. The minimum atomic E-state index is -4.90. The molecule has 0 aliphatic heterocycles. The molecule has 0 bridgehead atoms. The Kier molecular flexibility index (Phi) is 4.48. The van der Waals surface area contributed by atoms with Crippen molar-refractivity contribution in [3.63, 3.8) is 0 Å². The van der Waals surface area contributed by atoms with Crippen LogP contribution >= 0.6 is 0 Å². The number of halogens is 3. The fraction of sp³-hybridized carbons (Fsp3) is 0.118. The van der Waals surface area contributed by atoms with Gasteiger partial charge in [-0.3, -0.25) is 0 Å². The summed E-state index contributed by atoms with van der Waals surface area (Å²) < 4.78 is 42.7. The third kappa shape index (κ3) is 3.68. The number of alkyl halides is 3. The summed E-state index contributed by atoms with van der Waals surface area (Å²) in [5.74, 6) is -1.05. The first-order chi connectivity index (χ1) is 12.7. The van der Waals surface area contributed by atoms with E-state index in [2.05, 4.69) is 16.6 Å². The molecule has 0 spiro atoms. The molecule has 0 fully saturated rings. The van der Waals surface area contributed by atoms with Gasteiger partial charge in [0.2, 0.25) is 11.6 Å². The maximum Gasteiger partial charge on any atom is 0.573 e. The molecule has 27 heavy (non-hydrogen) atoms. The molecule has 0 unspecified atom stereocenters. The zero-order valence-corrected chi connectivity index (χ0v) is 13.6. The summed E-state index contributed by atoms with van der Waals surface area (Å²) in [5.41, 5.74) is 0.738. The van der Waals surface area contributed by atoms with Crippen molar-refractivity contribution in [3.8, 4) is 11.6 Å². The molecule has 3 rings (SSSR count). The summed E-state index contributed by atoms with van der Waals surface area (Å²) in [4.78, 5) is 11.1. The Bertz CT molecular complexity index is 1040. The monoisotopic (exact) mass is 379 g/mol. The molecule has 0 saturated heterocycles. The van der Waals surface area contributed by atoms with Crippen molar-refractivity contribution in [1.29, 1.82) is 0 Å². The van der Waals surface area contributed by atoms with Crippen molar-refractivity contribution in [3.05, 3.63) is 58.1 Å². The van der Waals surface area contributed by atoms with E-state index in [-0.39, 0.29) is 23.1 Å². The molecule has 7 nitrogen and oxygen atoms in total. The van der Waals surface area contributed by atoms with Gasteiger partial charge in [-0.05, 0) is 28.9 Å². The van der Waals surface area contributed by atoms with E-state index in [1.54, 1.807) is 12.1 Å². The minimum Gasteiger partial charge on any atom is -0.619 e. The van der Waals surface area contributed by atoms with Crippen LogP contribution in [-0.2, 0) is 6.54 Å². The van der Waals surface area contributed by atoms with Gasteiger partial charge in [0, 0.05) is 17.5 Å². The first-order valence-corrected chi connectivity index (χ1v) is 7.50. The summed E-state index contributed by atoms with van der Waals surface area (Å²) >= 11 is 0. The van der Waals surface area contributed by atoms with E-state index in [0.717, 1.165) is 12.1 Å². The van der Waals surface area contributed by atoms with Crippen LogP contribution < -0.4 is 4.74 Å². The normalized spacial score (nSPS) is 11.5. The first-order valence-electron chi connectivity index (χ1n) is 7.50. The highest BCUT2D eigenvalue weighted by Gasteiger charge is 2.31. The van der Waals surface area contributed by atoms with E-state index >= 15 is 0 Å². The van der Waals surface area contributed by atoms with Gasteiger partial charge >= 0.3 is 6.36 Å². The van der Waals surface area contributed by atoms with Crippen LogP contribution in [0.5, 0.6) is 11.6 Å². The molecule has 1 N–H and O–H groups in total. The topological polar surface area (TPSA) is 89.9 Å². The lowest BCUT2D eigenvalue weighted by Crippen LogP contribution is -2.17. The van der Waals surface area contributed by atoms with Gasteiger partial charge in [0.1, 0.15) is 12.5 Å². The van der Waals surface area contributed by atoms with E-state index in [1.165, 1.54) is 22.8 Å². The fourth-order valence-corrected chi connectivity index (χ4v) is 2.74. The maximum atomic E-state index is 12.4. The highest BCUT2D eigenvalue weighted by atomic mass is 19.4. The summed E-state index contributed by atoms with van der Waals surface area (Å²) in [5, 5.41) is 24.3. The summed E-state index contributed by atoms with van der Waals surface area (Å²) in [7, 11) is 0. The number of hydrogen-bond donors (Lipinski definition) is 1. The smallest absolute Gasteiger partial charge is 0.573 e. The average Bonchev–Trinajstić information content (AvgIpc) is 2.84. The van der Waals surface area contributed by atoms with Crippen LogP contribution in [0, 0.1) is 10.1 Å². The molecular weight excluding hydrogens is 367 g/mol. The lowest BCUT2D eigenvalue weighted by atomic mass is 10.2. The van der Waals surface area contributed by atoms with Gasteiger partial charge < -0.3 is 19.6 Å². The van der Waals surface area contributed by atoms with Crippen molar-refractivity contribution in [2.24, 2.45) is 5.18 Å². The maximum absolute atomic E-state index is 12.4. The van der Waals surface area contributed by atoms with Gasteiger partial charge in [0.25, 0.3) is 0 Å². The van der Waals surface area contributed by atoms with Crippen LogP contribution in [0.4, 0.5) is 24.5 Å². The molecule has 0 radical (unpaired) electrons. The predicted molar refractivity (Wildman–Crippen MR) is 91.7 cm³/mol. The predicted octanol–water partition coefficient (Wildman–Crippen LogP) is 4.53. The van der Waals surface area contributed by atoms with Crippen LogP contribution in [0.1, 0.15) is 5.56 Å². The zero-order valence-electron chi connectivity index (χ0n) is 13.6. The van der Waals surface area contributed by atoms with Crippen molar-refractivity contribution in [2.45, 2.75) is 12.9 Å². The van der Waals surface area contributed by atoms with Crippen LogP contribution in [-0.4, -0.2) is 27.5 Å². The molecule has 0 saturated carbocycles. The van der Waals surface area contributed by atoms with Crippen molar-refractivity contribution < 1.29 is 27.8 Å². The summed E-state index contributed by atoms with van der Waals surface area (Å²) in [6.07, 6.45) is -4.90. The Hall–Kier alpha value is -3.56. The molecule has 2 aromatic carbocycles. The van der Waals surface area contributed by atoms with E-state index in [1.807, 2.05) is 0 Å². The molecule has 0 aliphatic rings. The Morgan fingerprint density at radius 3 is 2.63 bits per heavy atom. The quantitative estimate of drug-likeness (QED) is 0.232. The van der Waals surface area contributed by atoms with Gasteiger partial charge in [-0.2, -0.15) is 4.74 Å². The molecule has 3 aromatic rings. The Labute approximate surface area is 150 Å². The lowest BCUT2D eigenvalue weighted by Gasteiger charge is -2.10. The molecule has 1 heterocycles. The molecule has 10 heteroatoms. The standard InChI is InChI=1S/C17H12F3N3O4/c1-22(26)11-4-2-3-10(7-11)9-23-14-6-5-12(27-17(18,19)20)8-13(14)15(21-25)16(23)24/h2-8,24H,1,9H2. The molecular formula is C17H12F3N3O4. The summed E-state index contributed by atoms with van der Waals surface area (Å²) in [6.45, 7) is 3.28. The second kappa shape index (κ2) is 6.63. The third-order valence-electron chi connectivity index (χ3n) is 3.85. The minimum absolute atomic E-state index is 0.00279. The SMILES string of the molecule is C=[N+]([O-])c1cccc(Cn2c(O)c(N=O)c3cc(OC(F)(F)F)ccc32)c1. The van der Waals surface area contributed by atoms with Crippen LogP contribution in [0.25, 0.3) is 10.9 Å². The lowest BCUT2D eigenvalue weighted by molar-refractivity contribution is -0.349. The molecule has 0 atom stereocenters. The van der Waals surface area contributed by atoms with E-state index in [4.69, 9.17) is 0 Å². The molecule has 0 amide bonds. The number of nitroso groups, excluding NO2 is 1. The van der Waals surface area contributed by atoms with Gasteiger partial charge in [-0.1, -0.05) is 12.1 Å². The van der Waals surface area contributed by atoms with Gasteiger partial charge in [0.15, 0.2) is 5.69 Å². The Morgan fingerprint density at radius 2 is 2.00 bits per heavy atom. The highest BCUT2D eigenvalue weighted by Crippen LogP contribution is 2.41. The second-order valence-electron chi connectivity index (χ2n) is 5.62. The van der Waals surface area contributed by atoms with Gasteiger partial charge in [-0.15, -0.1) is 18.1 Å². The van der Waals surface area contributed by atoms with E-state index in [0.29, 0.717) is 10.3 Å². The van der Waals surface area contributed by atoms with Crippen LogP contribution in [0.2, 0.25) is 0 Å². The largest absolute Gasteiger partial charge is 0.619 e. The molecule has 1 aromatic heterocycles. The van der Waals surface area contributed by atoms with E-state index in [9.17, 15) is 28.4 Å². The molecule has 0 aliphatic carbocycles. The van der Waals surface area contributed by atoms with Crippen molar-refractivity contribution >= 4 is 29.0 Å². The number of fused-ring (bicyclic) bond motifs is 1. The van der Waals surface area contributed by atoms with Gasteiger partial charge in [-0.25, -0.2) is 0 Å². The average molecular weight is 379 g/mol. The van der Waals surface area contributed by atoms with Crippen molar-refractivity contribution in [2.75, 3.05) is 0 Å². The second-order valence-corrected chi connectivity index (χ2v) is 5.62. The number of benzene rings is 2.